The molecule has 3 rings (SSSR count). The highest BCUT2D eigenvalue weighted by molar-refractivity contribution is 7.90. The second kappa shape index (κ2) is 14.2. The van der Waals surface area contributed by atoms with Crippen molar-refractivity contribution in [3.05, 3.63) is 95.3 Å². The number of aromatic nitrogens is 1. The number of benzene rings is 2. The van der Waals surface area contributed by atoms with E-state index in [-0.39, 0.29) is 34.6 Å². The summed E-state index contributed by atoms with van der Waals surface area (Å²) in [6.45, 7) is 4.63. The molecule has 2 amide bonds. The predicted molar refractivity (Wildman–Crippen MR) is 147 cm³/mol. The Kier molecular flexibility index (Phi) is 10.7. The first kappa shape index (κ1) is 29.5. The van der Waals surface area contributed by atoms with Crippen molar-refractivity contribution >= 4 is 27.8 Å². The van der Waals surface area contributed by atoms with Crippen LogP contribution < -0.4 is 10.0 Å². The number of aryl methyl sites for hydroxylation is 1. The summed E-state index contributed by atoms with van der Waals surface area (Å²) in [4.78, 5) is 40.5. The third-order valence-corrected chi connectivity index (χ3v) is 7.46. The molecule has 39 heavy (non-hydrogen) atoms. The summed E-state index contributed by atoms with van der Waals surface area (Å²) in [5.74, 6) is -1.31. The molecule has 1 atom stereocenters. The number of nitrogens with one attached hydrogen (secondary N) is 2. The number of sulfonamides is 1. The van der Waals surface area contributed by atoms with Gasteiger partial charge in [-0.2, -0.15) is 0 Å². The number of amides is 2. The van der Waals surface area contributed by atoms with Crippen LogP contribution >= 0.6 is 0 Å². The fourth-order valence-corrected chi connectivity index (χ4v) is 4.45. The summed E-state index contributed by atoms with van der Waals surface area (Å²) in [7, 11) is -4.13. The summed E-state index contributed by atoms with van der Waals surface area (Å²) in [5, 5.41) is 2.87. The highest BCUT2D eigenvalue weighted by Gasteiger charge is 2.20. The van der Waals surface area contributed by atoms with Gasteiger partial charge in [-0.05, 0) is 54.2 Å². The standard InChI is InChI=1S/C29H33N3O6S/c1-3-21(2)20-38-29(35)26-15-12-24(19-31-26)28(34)32-39(36,37)25-13-9-23(10-14-25)17-18-30-27(33)16-11-22-7-5-4-6-8-22/h4-10,12-15,19,21H,3,11,16-18,20H2,1-2H3,(H,30,33)(H,32,34). The fraction of sp³-hybridized carbons (Fsp3) is 0.310. The molecule has 0 fully saturated rings. The number of hydrogen-bond donors (Lipinski definition) is 2. The minimum Gasteiger partial charge on any atom is -0.461 e. The largest absolute Gasteiger partial charge is 0.461 e. The molecular weight excluding hydrogens is 518 g/mol. The quantitative estimate of drug-likeness (QED) is 0.310. The number of carbonyl (C=O) groups excluding carboxylic acids is 3. The highest BCUT2D eigenvalue weighted by atomic mass is 32.2. The van der Waals surface area contributed by atoms with Crippen molar-refractivity contribution in [2.24, 2.45) is 5.92 Å². The van der Waals surface area contributed by atoms with Gasteiger partial charge in [0.05, 0.1) is 17.1 Å². The first-order chi connectivity index (χ1) is 18.7. The van der Waals surface area contributed by atoms with E-state index < -0.39 is 21.9 Å². The minimum absolute atomic E-state index is 0.0170. The van der Waals surface area contributed by atoms with E-state index in [4.69, 9.17) is 4.74 Å². The molecule has 9 nitrogen and oxygen atoms in total. The van der Waals surface area contributed by atoms with Crippen molar-refractivity contribution in [1.82, 2.24) is 15.0 Å². The molecular formula is C29H33N3O6S. The van der Waals surface area contributed by atoms with Crippen LogP contribution in [0, 0.1) is 5.92 Å². The summed E-state index contributed by atoms with van der Waals surface area (Å²) in [5.41, 5.74) is 1.95. The third kappa shape index (κ3) is 9.33. The monoisotopic (exact) mass is 551 g/mol. The van der Waals surface area contributed by atoms with E-state index in [0.29, 0.717) is 25.8 Å². The van der Waals surface area contributed by atoms with E-state index in [9.17, 15) is 22.8 Å². The molecule has 0 aliphatic heterocycles. The average Bonchev–Trinajstić information content (AvgIpc) is 2.95. The lowest BCUT2D eigenvalue weighted by Crippen LogP contribution is -2.30. The van der Waals surface area contributed by atoms with Gasteiger partial charge < -0.3 is 10.1 Å². The Morgan fingerprint density at radius 1 is 0.923 bits per heavy atom. The van der Waals surface area contributed by atoms with Gasteiger partial charge in [0.2, 0.25) is 5.91 Å². The molecule has 0 aliphatic carbocycles. The zero-order valence-corrected chi connectivity index (χ0v) is 22.9. The van der Waals surface area contributed by atoms with Crippen LogP contribution in [-0.4, -0.2) is 44.3 Å². The Morgan fingerprint density at radius 2 is 1.62 bits per heavy atom. The van der Waals surface area contributed by atoms with Crippen LogP contribution in [0.1, 0.15) is 58.7 Å². The van der Waals surface area contributed by atoms with E-state index in [2.05, 4.69) is 10.3 Å². The van der Waals surface area contributed by atoms with Crippen LogP contribution in [0.15, 0.2) is 77.8 Å². The molecule has 0 aliphatic rings. The first-order valence-corrected chi connectivity index (χ1v) is 14.3. The summed E-state index contributed by atoms with van der Waals surface area (Å²) >= 11 is 0. The fourth-order valence-electron chi connectivity index (χ4n) is 3.47. The van der Waals surface area contributed by atoms with Crippen LogP contribution in [0.5, 0.6) is 0 Å². The van der Waals surface area contributed by atoms with Gasteiger partial charge in [0.15, 0.2) is 0 Å². The highest BCUT2D eigenvalue weighted by Crippen LogP contribution is 2.13. The number of hydrogen-bond acceptors (Lipinski definition) is 7. The molecule has 10 heteroatoms. The van der Waals surface area contributed by atoms with Gasteiger partial charge in [-0.15, -0.1) is 0 Å². The zero-order chi connectivity index (χ0) is 28.3. The van der Waals surface area contributed by atoms with Gasteiger partial charge in [-0.1, -0.05) is 62.7 Å². The summed E-state index contributed by atoms with van der Waals surface area (Å²) in [6.07, 6.45) is 3.58. The molecule has 0 saturated heterocycles. The molecule has 0 bridgehead atoms. The number of rotatable bonds is 13. The van der Waals surface area contributed by atoms with Gasteiger partial charge in [-0.3, -0.25) is 9.59 Å². The normalized spacial score (nSPS) is 11.8. The Morgan fingerprint density at radius 3 is 2.26 bits per heavy atom. The van der Waals surface area contributed by atoms with Gasteiger partial charge in [0.25, 0.3) is 15.9 Å². The molecule has 1 heterocycles. The van der Waals surface area contributed by atoms with Crippen LogP contribution in [0.4, 0.5) is 0 Å². The second-order valence-corrected chi connectivity index (χ2v) is 10.9. The number of ether oxygens (including phenoxy) is 1. The zero-order valence-electron chi connectivity index (χ0n) is 22.1. The maximum Gasteiger partial charge on any atom is 0.356 e. The van der Waals surface area contributed by atoms with E-state index in [1.165, 1.54) is 24.3 Å². The number of nitrogens with zero attached hydrogens (tertiary/aromatic N) is 1. The van der Waals surface area contributed by atoms with Gasteiger partial charge >= 0.3 is 5.97 Å². The summed E-state index contributed by atoms with van der Waals surface area (Å²) in [6, 6.07) is 18.5. The molecule has 0 spiro atoms. The average molecular weight is 552 g/mol. The first-order valence-electron chi connectivity index (χ1n) is 12.8. The lowest BCUT2D eigenvalue weighted by Gasteiger charge is -2.10. The summed E-state index contributed by atoms with van der Waals surface area (Å²) < 4.78 is 32.6. The lowest BCUT2D eigenvalue weighted by atomic mass is 10.1. The second-order valence-electron chi connectivity index (χ2n) is 9.21. The van der Waals surface area contributed by atoms with Crippen molar-refractivity contribution in [3.8, 4) is 0 Å². The third-order valence-electron chi connectivity index (χ3n) is 6.11. The molecule has 2 N–H and O–H groups in total. The van der Waals surface area contributed by atoms with Gasteiger partial charge in [-0.25, -0.2) is 22.9 Å². The van der Waals surface area contributed by atoms with Gasteiger partial charge in [0, 0.05) is 19.2 Å². The SMILES string of the molecule is CCC(C)COC(=O)c1ccc(C(=O)NS(=O)(=O)c2ccc(CCNC(=O)CCc3ccccc3)cc2)cn1. The Bertz CT molecular complexity index is 1360. The van der Waals surface area contributed by atoms with Crippen molar-refractivity contribution in [2.75, 3.05) is 13.2 Å². The topological polar surface area (TPSA) is 132 Å². The maximum absolute atomic E-state index is 12.7. The van der Waals surface area contributed by atoms with E-state index in [1.54, 1.807) is 12.1 Å². The van der Waals surface area contributed by atoms with Crippen LogP contribution in [0.25, 0.3) is 0 Å². The van der Waals surface area contributed by atoms with E-state index in [0.717, 1.165) is 23.7 Å². The minimum atomic E-state index is -4.13. The number of pyridine rings is 1. The van der Waals surface area contributed by atoms with Crippen molar-refractivity contribution < 1.29 is 27.5 Å². The molecule has 206 valence electrons. The van der Waals surface area contributed by atoms with E-state index in [1.807, 2.05) is 48.9 Å². The van der Waals surface area contributed by atoms with Crippen molar-refractivity contribution in [3.63, 3.8) is 0 Å². The molecule has 0 radical (unpaired) electrons. The molecule has 1 unspecified atom stereocenters. The lowest BCUT2D eigenvalue weighted by molar-refractivity contribution is -0.121. The van der Waals surface area contributed by atoms with Crippen LogP contribution in [0.2, 0.25) is 0 Å². The van der Waals surface area contributed by atoms with Crippen LogP contribution in [0.3, 0.4) is 0 Å². The molecule has 1 aromatic heterocycles. The Balaban J connectivity index is 1.47. The van der Waals surface area contributed by atoms with Crippen molar-refractivity contribution in [2.45, 2.75) is 44.4 Å². The predicted octanol–water partition coefficient (Wildman–Crippen LogP) is 3.69. The Labute approximate surface area is 229 Å². The number of carbonyl (C=O) groups is 3. The maximum atomic E-state index is 12.7. The molecule has 2 aromatic carbocycles. The van der Waals surface area contributed by atoms with Crippen molar-refractivity contribution in [1.29, 1.82) is 0 Å². The number of esters is 1. The van der Waals surface area contributed by atoms with E-state index >= 15 is 0 Å². The molecule has 3 aromatic rings. The molecule has 0 saturated carbocycles. The van der Waals surface area contributed by atoms with Gasteiger partial charge in [0.1, 0.15) is 5.69 Å². The Hall–Kier alpha value is -4.05. The van der Waals surface area contributed by atoms with Crippen LogP contribution in [-0.2, 0) is 32.4 Å². The smallest absolute Gasteiger partial charge is 0.356 e.